The summed E-state index contributed by atoms with van der Waals surface area (Å²) in [6, 6.07) is 7.89. The second kappa shape index (κ2) is 9.56. The molecule has 0 atom stereocenters. The molecule has 1 rings (SSSR count). The molecule has 98 valence electrons. The molecule has 0 aromatic heterocycles. The van der Waals surface area contributed by atoms with Crippen LogP contribution in [0.25, 0.3) is 0 Å². The van der Waals surface area contributed by atoms with E-state index in [1.54, 1.807) is 7.11 Å². The molecule has 0 heterocycles. The van der Waals surface area contributed by atoms with Crippen molar-refractivity contribution in [3.8, 4) is 17.6 Å². The number of benzene rings is 1. The highest BCUT2D eigenvalue weighted by Crippen LogP contribution is 2.11. The second-order valence-electron chi connectivity index (χ2n) is 4.15. The van der Waals surface area contributed by atoms with Gasteiger partial charge in [0.1, 0.15) is 12.4 Å². The van der Waals surface area contributed by atoms with Gasteiger partial charge in [-0.1, -0.05) is 37.8 Å². The predicted molar refractivity (Wildman–Crippen MR) is 74.6 cm³/mol. The maximum atomic E-state index is 5.49. The summed E-state index contributed by atoms with van der Waals surface area (Å²) in [7, 11) is 1.67. The molecule has 0 bridgehead atoms. The minimum Gasteiger partial charge on any atom is -0.497 e. The molecule has 1 aromatic carbocycles. The number of methoxy groups -OCH3 is 1. The Bertz CT molecular complexity index is 370. The van der Waals surface area contributed by atoms with Crippen LogP contribution in [0.15, 0.2) is 24.3 Å². The Morgan fingerprint density at radius 1 is 1.06 bits per heavy atom. The molecule has 0 aliphatic rings. The first kappa shape index (κ1) is 14.6. The monoisotopic (exact) mass is 246 g/mol. The zero-order valence-electron chi connectivity index (χ0n) is 11.4. The normalized spacial score (nSPS) is 9.67. The Labute approximate surface area is 110 Å². The summed E-state index contributed by atoms with van der Waals surface area (Å²) < 4.78 is 10.6. The molecular formula is C16H22O2. The van der Waals surface area contributed by atoms with Gasteiger partial charge in [0.2, 0.25) is 0 Å². The Morgan fingerprint density at radius 2 is 1.83 bits per heavy atom. The third kappa shape index (κ3) is 6.32. The van der Waals surface area contributed by atoms with Gasteiger partial charge in [-0.15, -0.1) is 5.92 Å². The zero-order valence-corrected chi connectivity index (χ0v) is 11.4. The Hall–Kier alpha value is -1.46. The van der Waals surface area contributed by atoms with Crippen LogP contribution in [0.3, 0.4) is 0 Å². The van der Waals surface area contributed by atoms with Crippen molar-refractivity contribution in [2.75, 3.05) is 13.7 Å². The molecule has 0 saturated heterocycles. The lowest BCUT2D eigenvalue weighted by Gasteiger charge is -2.02. The summed E-state index contributed by atoms with van der Waals surface area (Å²) in [5.74, 6) is 7.04. The molecular weight excluding hydrogens is 224 g/mol. The van der Waals surface area contributed by atoms with Crippen molar-refractivity contribution in [1.29, 1.82) is 0 Å². The van der Waals surface area contributed by atoms with Gasteiger partial charge in [-0.05, 0) is 24.1 Å². The van der Waals surface area contributed by atoms with E-state index in [0.29, 0.717) is 13.2 Å². The molecule has 0 aliphatic heterocycles. The fourth-order valence-corrected chi connectivity index (χ4v) is 1.54. The van der Waals surface area contributed by atoms with Crippen molar-refractivity contribution < 1.29 is 9.47 Å². The molecule has 2 nitrogen and oxygen atoms in total. The number of unbranched alkanes of at least 4 members (excludes halogenated alkanes) is 3. The van der Waals surface area contributed by atoms with Gasteiger partial charge in [0.25, 0.3) is 0 Å². The molecule has 18 heavy (non-hydrogen) atoms. The van der Waals surface area contributed by atoms with E-state index in [0.717, 1.165) is 17.7 Å². The van der Waals surface area contributed by atoms with Crippen molar-refractivity contribution in [2.24, 2.45) is 0 Å². The first-order valence-electron chi connectivity index (χ1n) is 6.53. The molecule has 0 amide bonds. The van der Waals surface area contributed by atoms with E-state index in [9.17, 15) is 0 Å². The van der Waals surface area contributed by atoms with Gasteiger partial charge in [0.05, 0.1) is 13.7 Å². The Kier molecular flexibility index (Phi) is 7.75. The summed E-state index contributed by atoms with van der Waals surface area (Å²) in [5.41, 5.74) is 1.14. The van der Waals surface area contributed by atoms with Crippen LogP contribution in [-0.4, -0.2) is 13.7 Å². The van der Waals surface area contributed by atoms with Crippen LogP contribution < -0.4 is 4.74 Å². The largest absolute Gasteiger partial charge is 0.497 e. The van der Waals surface area contributed by atoms with Gasteiger partial charge in [-0.25, -0.2) is 0 Å². The SMILES string of the molecule is CCCCCC#CCOCc1ccc(OC)cc1. The lowest BCUT2D eigenvalue weighted by molar-refractivity contribution is 0.153. The molecule has 0 radical (unpaired) electrons. The van der Waals surface area contributed by atoms with E-state index < -0.39 is 0 Å². The number of rotatable bonds is 7. The molecule has 2 heteroatoms. The van der Waals surface area contributed by atoms with Gasteiger partial charge < -0.3 is 9.47 Å². The fraction of sp³-hybridized carbons (Fsp3) is 0.500. The molecule has 1 aromatic rings. The minimum atomic E-state index is 0.512. The van der Waals surface area contributed by atoms with Crippen molar-refractivity contribution in [1.82, 2.24) is 0 Å². The highest BCUT2D eigenvalue weighted by molar-refractivity contribution is 5.26. The van der Waals surface area contributed by atoms with Crippen LogP contribution in [-0.2, 0) is 11.3 Å². The predicted octanol–water partition coefficient (Wildman–Crippen LogP) is 3.80. The van der Waals surface area contributed by atoms with E-state index in [-0.39, 0.29) is 0 Å². The summed E-state index contributed by atoms with van der Waals surface area (Å²) in [6.07, 6.45) is 4.69. The molecule has 0 fully saturated rings. The van der Waals surface area contributed by atoms with Crippen molar-refractivity contribution in [3.05, 3.63) is 29.8 Å². The van der Waals surface area contributed by atoms with Gasteiger partial charge in [-0.3, -0.25) is 0 Å². The summed E-state index contributed by atoms with van der Waals surface area (Å²) in [6.45, 7) is 3.32. The van der Waals surface area contributed by atoms with Gasteiger partial charge in [-0.2, -0.15) is 0 Å². The van der Waals surface area contributed by atoms with Crippen molar-refractivity contribution in [3.63, 3.8) is 0 Å². The van der Waals surface area contributed by atoms with Crippen LogP contribution in [0.1, 0.15) is 38.2 Å². The van der Waals surface area contributed by atoms with Crippen molar-refractivity contribution >= 4 is 0 Å². The molecule has 0 saturated carbocycles. The Balaban J connectivity index is 2.13. The van der Waals surface area contributed by atoms with Gasteiger partial charge in [0.15, 0.2) is 0 Å². The molecule has 0 aliphatic carbocycles. The van der Waals surface area contributed by atoms with Crippen LogP contribution in [0.5, 0.6) is 5.75 Å². The highest BCUT2D eigenvalue weighted by Gasteiger charge is 1.93. The van der Waals surface area contributed by atoms with Crippen LogP contribution in [0.4, 0.5) is 0 Å². The zero-order chi connectivity index (χ0) is 13.1. The minimum absolute atomic E-state index is 0.512. The van der Waals surface area contributed by atoms with Crippen LogP contribution in [0, 0.1) is 11.8 Å². The maximum Gasteiger partial charge on any atom is 0.118 e. The van der Waals surface area contributed by atoms with Crippen LogP contribution >= 0.6 is 0 Å². The molecule has 0 N–H and O–H groups in total. The first-order valence-corrected chi connectivity index (χ1v) is 6.53. The second-order valence-corrected chi connectivity index (χ2v) is 4.15. The number of hydrogen-bond donors (Lipinski definition) is 0. The smallest absolute Gasteiger partial charge is 0.118 e. The third-order valence-electron chi connectivity index (χ3n) is 2.63. The van der Waals surface area contributed by atoms with E-state index in [4.69, 9.17) is 9.47 Å². The maximum absolute atomic E-state index is 5.49. The average Bonchev–Trinajstić information content (AvgIpc) is 2.42. The van der Waals surface area contributed by atoms with E-state index >= 15 is 0 Å². The first-order chi connectivity index (χ1) is 8.86. The van der Waals surface area contributed by atoms with Crippen molar-refractivity contribution in [2.45, 2.75) is 39.2 Å². The highest BCUT2D eigenvalue weighted by atomic mass is 16.5. The topological polar surface area (TPSA) is 18.5 Å². The summed E-state index contributed by atoms with van der Waals surface area (Å²) in [5, 5.41) is 0. The van der Waals surface area contributed by atoms with E-state index in [2.05, 4.69) is 18.8 Å². The van der Waals surface area contributed by atoms with Crippen LogP contribution in [0.2, 0.25) is 0 Å². The summed E-state index contributed by atoms with van der Waals surface area (Å²) >= 11 is 0. The number of hydrogen-bond acceptors (Lipinski definition) is 2. The molecule has 0 spiro atoms. The average molecular weight is 246 g/mol. The number of ether oxygens (including phenoxy) is 2. The fourth-order valence-electron chi connectivity index (χ4n) is 1.54. The van der Waals surface area contributed by atoms with E-state index in [1.807, 2.05) is 24.3 Å². The van der Waals surface area contributed by atoms with Gasteiger partial charge >= 0.3 is 0 Å². The molecule has 0 unspecified atom stereocenters. The standard InChI is InChI=1S/C16H22O2/c1-3-4-5-6-7-8-13-18-14-15-9-11-16(17-2)12-10-15/h9-12H,3-6,13-14H2,1-2H3. The third-order valence-corrected chi connectivity index (χ3v) is 2.63. The lowest BCUT2D eigenvalue weighted by atomic mass is 10.2. The summed E-state index contributed by atoms with van der Waals surface area (Å²) in [4.78, 5) is 0. The Morgan fingerprint density at radius 3 is 2.50 bits per heavy atom. The van der Waals surface area contributed by atoms with E-state index in [1.165, 1.54) is 19.3 Å². The van der Waals surface area contributed by atoms with Gasteiger partial charge in [0, 0.05) is 6.42 Å². The lowest BCUT2D eigenvalue weighted by Crippen LogP contribution is -1.93. The quantitative estimate of drug-likeness (QED) is 0.538.